The van der Waals surface area contributed by atoms with Gasteiger partial charge in [0.1, 0.15) is 10.6 Å². The second-order valence-corrected chi connectivity index (χ2v) is 7.99. The minimum Gasteiger partial charge on any atom is -0.495 e. The van der Waals surface area contributed by atoms with Crippen LogP contribution in [0.5, 0.6) is 5.75 Å². The summed E-state index contributed by atoms with van der Waals surface area (Å²) in [5.41, 5.74) is 1.27. The average molecular weight is 391 g/mol. The fourth-order valence-electron chi connectivity index (χ4n) is 2.26. The summed E-state index contributed by atoms with van der Waals surface area (Å²) >= 11 is 0. The molecular weight excluding hydrogens is 370 g/mol. The molecular formula is C18H21N3O5S. The minimum absolute atomic E-state index is 0.0938. The van der Waals surface area contributed by atoms with E-state index in [0.717, 1.165) is 4.31 Å². The first-order valence-electron chi connectivity index (χ1n) is 7.94. The number of rotatable bonds is 6. The standard InChI is InChI=1S/C18H21N3O5S/c1-12(22)19-14-6-8-15(9-7-14)20-18(23)13-5-10-16(26-4)17(11-13)27(24,25)21(2)3/h5-11H,1-4H3,(H,19,22)(H,20,23). The van der Waals surface area contributed by atoms with Crippen LogP contribution < -0.4 is 15.4 Å². The summed E-state index contributed by atoms with van der Waals surface area (Å²) in [6, 6.07) is 10.7. The molecule has 0 fully saturated rings. The monoisotopic (exact) mass is 391 g/mol. The van der Waals surface area contributed by atoms with Gasteiger partial charge in [-0.05, 0) is 42.5 Å². The van der Waals surface area contributed by atoms with Crippen LogP contribution in [0.15, 0.2) is 47.4 Å². The number of anilines is 2. The van der Waals surface area contributed by atoms with Crippen LogP contribution in [0.1, 0.15) is 17.3 Å². The molecule has 0 bridgehead atoms. The third-order valence-electron chi connectivity index (χ3n) is 3.65. The van der Waals surface area contributed by atoms with Crippen LogP contribution in [0.4, 0.5) is 11.4 Å². The van der Waals surface area contributed by atoms with Gasteiger partial charge in [0.2, 0.25) is 15.9 Å². The molecule has 27 heavy (non-hydrogen) atoms. The highest BCUT2D eigenvalue weighted by Gasteiger charge is 2.24. The highest BCUT2D eigenvalue weighted by Crippen LogP contribution is 2.27. The summed E-state index contributed by atoms with van der Waals surface area (Å²) < 4.78 is 31.1. The summed E-state index contributed by atoms with van der Waals surface area (Å²) in [5, 5.41) is 5.31. The third kappa shape index (κ3) is 4.83. The number of hydrogen-bond acceptors (Lipinski definition) is 5. The maximum absolute atomic E-state index is 12.5. The van der Waals surface area contributed by atoms with Crippen molar-refractivity contribution in [1.29, 1.82) is 0 Å². The molecule has 9 heteroatoms. The van der Waals surface area contributed by atoms with Crippen LogP contribution in [-0.2, 0) is 14.8 Å². The molecule has 0 aliphatic heterocycles. The average Bonchev–Trinajstić information content (AvgIpc) is 2.62. The van der Waals surface area contributed by atoms with Crippen molar-refractivity contribution in [2.45, 2.75) is 11.8 Å². The number of amides is 2. The van der Waals surface area contributed by atoms with Crippen molar-refractivity contribution in [3.63, 3.8) is 0 Å². The normalized spacial score (nSPS) is 11.1. The second-order valence-electron chi connectivity index (χ2n) is 5.87. The van der Waals surface area contributed by atoms with E-state index < -0.39 is 15.9 Å². The lowest BCUT2D eigenvalue weighted by atomic mass is 10.2. The van der Waals surface area contributed by atoms with Crippen LogP contribution in [0, 0.1) is 0 Å². The Morgan fingerprint density at radius 2 is 1.52 bits per heavy atom. The van der Waals surface area contributed by atoms with Gasteiger partial charge in [0.15, 0.2) is 0 Å². The van der Waals surface area contributed by atoms with Crippen molar-refractivity contribution in [1.82, 2.24) is 4.31 Å². The molecule has 8 nitrogen and oxygen atoms in total. The molecule has 2 aromatic rings. The lowest BCUT2D eigenvalue weighted by molar-refractivity contribution is -0.114. The first-order chi connectivity index (χ1) is 12.6. The smallest absolute Gasteiger partial charge is 0.255 e. The van der Waals surface area contributed by atoms with Gasteiger partial charge in [0, 0.05) is 38.0 Å². The van der Waals surface area contributed by atoms with Crippen molar-refractivity contribution in [3.8, 4) is 5.75 Å². The Morgan fingerprint density at radius 3 is 2.00 bits per heavy atom. The van der Waals surface area contributed by atoms with Crippen LogP contribution in [-0.4, -0.2) is 45.7 Å². The first-order valence-corrected chi connectivity index (χ1v) is 9.38. The zero-order chi connectivity index (χ0) is 20.2. The van der Waals surface area contributed by atoms with Gasteiger partial charge in [-0.1, -0.05) is 0 Å². The summed E-state index contributed by atoms with van der Waals surface area (Å²) in [5.74, 6) is -0.514. The number of nitrogens with one attached hydrogen (secondary N) is 2. The Bertz CT molecular complexity index is 953. The van der Waals surface area contributed by atoms with E-state index in [-0.39, 0.29) is 22.1 Å². The number of methoxy groups -OCH3 is 1. The molecule has 2 N–H and O–H groups in total. The van der Waals surface area contributed by atoms with Crippen LogP contribution >= 0.6 is 0 Å². The van der Waals surface area contributed by atoms with E-state index in [2.05, 4.69) is 10.6 Å². The molecule has 0 atom stereocenters. The highest BCUT2D eigenvalue weighted by molar-refractivity contribution is 7.89. The summed E-state index contributed by atoms with van der Waals surface area (Å²) in [7, 11) is 0.386. The quantitative estimate of drug-likeness (QED) is 0.785. The van der Waals surface area contributed by atoms with Crippen molar-refractivity contribution in [3.05, 3.63) is 48.0 Å². The van der Waals surface area contributed by atoms with E-state index in [1.807, 2.05) is 0 Å². The Kier molecular flexibility index (Phi) is 6.19. The lowest BCUT2D eigenvalue weighted by Crippen LogP contribution is -2.23. The zero-order valence-electron chi connectivity index (χ0n) is 15.4. The summed E-state index contributed by atoms with van der Waals surface area (Å²) in [4.78, 5) is 23.4. The molecule has 0 unspecified atom stereocenters. The van der Waals surface area contributed by atoms with Gasteiger partial charge in [-0.3, -0.25) is 9.59 Å². The fourth-order valence-corrected chi connectivity index (χ4v) is 3.33. The van der Waals surface area contributed by atoms with E-state index in [0.29, 0.717) is 11.4 Å². The van der Waals surface area contributed by atoms with Gasteiger partial charge in [-0.25, -0.2) is 12.7 Å². The number of benzene rings is 2. The number of carbonyl (C=O) groups is 2. The SMILES string of the molecule is COc1ccc(C(=O)Nc2ccc(NC(C)=O)cc2)cc1S(=O)(=O)N(C)C. The van der Waals surface area contributed by atoms with E-state index in [1.54, 1.807) is 24.3 Å². The molecule has 0 saturated heterocycles. The maximum atomic E-state index is 12.5. The molecule has 2 amide bonds. The van der Waals surface area contributed by atoms with Crippen molar-refractivity contribution in [2.24, 2.45) is 0 Å². The third-order valence-corrected chi connectivity index (χ3v) is 5.48. The Labute approximate surface area is 158 Å². The highest BCUT2D eigenvalue weighted by atomic mass is 32.2. The Morgan fingerprint density at radius 1 is 0.963 bits per heavy atom. The van der Waals surface area contributed by atoms with Gasteiger partial charge >= 0.3 is 0 Å². The van der Waals surface area contributed by atoms with Gasteiger partial charge in [-0.2, -0.15) is 0 Å². The van der Waals surface area contributed by atoms with E-state index in [1.165, 1.54) is 46.3 Å². The molecule has 0 aliphatic rings. The van der Waals surface area contributed by atoms with Crippen molar-refractivity contribution < 1.29 is 22.7 Å². The number of sulfonamides is 1. The van der Waals surface area contributed by atoms with Crippen LogP contribution in [0.2, 0.25) is 0 Å². The van der Waals surface area contributed by atoms with Crippen molar-refractivity contribution >= 4 is 33.2 Å². The second kappa shape index (κ2) is 8.19. The Balaban J connectivity index is 2.27. The molecule has 0 saturated carbocycles. The van der Waals surface area contributed by atoms with Gasteiger partial charge in [-0.15, -0.1) is 0 Å². The lowest BCUT2D eigenvalue weighted by Gasteiger charge is -2.15. The molecule has 0 aliphatic carbocycles. The van der Waals surface area contributed by atoms with Crippen LogP contribution in [0.3, 0.4) is 0 Å². The molecule has 2 rings (SSSR count). The largest absolute Gasteiger partial charge is 0.495 e. The summed E-state index contributed by atoms with van der Waals surface area (Å²) in [6.45, 7) is 1.40. The Hall–Kier alpha value is -2.91. The topological polar surface area (TPSA) is 105 Å². The first kappa shape index (κ1) is 20.4. The van der Waals surface area contributed by atoms with Gasteiger partial charge in [0.05, 0.1) is 7.11 Å². The molecule has 0 radical (unpaired) electrons. The molecule has 0 heterocycles. The predicted octanol–water partition coefficient (Wildman–Crippen LogP) is 2.16. The number of carbonyl (C=O) groups excluding carboxylic acids is 2. The van der Waals surface area contributed by atoms with E-state index in [9.17, 15) is 18.0 Å². The van der Waals surface area contributed by atoms with E-state index >= 15 is 0 Å². The summed E-state index contributed by atoms with van der Waals surface area (Å²) in [6.07, 6.45) is 0. The van der Waals surface area contributed by atoms with Crippen molar-refractivity contribution in [2.75, 3.05) is 31.8 Å². The molecule has 0 spiro atoms. The number of hydrogen-bond donors (Lipinski definition) is 2. The van der Waals surface area contributed by atoms with Gasteiger partial charge in [0.25, 0.3) is 5.91 Å². The zero-order valence-corrected chi connectivity index (χ0v) is 16.3. The van der Waals surface area contributed by atoms with Gasteiger partial charge < -0.3 is 15.4 Å². The molecule has 0 aromatic heterocycles. The predicted molar refractivity (Wildman–Crippen MR) is 103 cm³/mol. The van der Waals surface area contributed by atoms with Crippen LogP contribution in [0.25, 0.3) is 0 Å². The maximum Gasteiger partial charge on any atom is 0.255 e. The molecule has 2 aromatic carbocycles. The number of nitrogens with zero attached hydrogens (tertiary/aromatic N) is 1. The molecule has 144 valence electrons. The fraction of sp³-hybridized carbons (Fsp3) is 0.222. The minimum atomic E-state index is -3.78. The number of ether oxygens (including phenoxy) is 1. The van der Waals surface area contributed by atoms with E-state index in [4.69, 9.17) is 4.74 Å².